The maximum absolute atomic E-state index is 13.0. The molecule has 0 aliphatic rings. The molecule has 2 rings (SSSR count). The van der Waals surface area contributed by atoms with Gasteiger partial charge >= 0.3 is 5.97 Å². The second kappa shape index (κ2) is 4.47. The van der Waals surface area contributed by atoms with Crippen LogP contribution >= 0.6 is 11.6 Å². The largest absolute Gasteiger partial charge is 0.477 e. The first-order valence-corrected chi connectivity index (χ1v) is 4.98. The summed E-state index contributed by atoms with van der Waals surface area (Å²) in [6.45, 7) is 0. The summed E-state index contributed by atoms with van der Waals surface area (Å²) in [4.78, 5) is 18.2. The zero-order valence-corrected chi connectivity index (χ0v) is 9.15. The van der Waals surface area contributed by atoms with E-state index in [1.807, 2.05) is 0 Å². The van der Waals surface area contributed by atoms with Crippen LogP contribution in [0.2, 0.25) is 5.28 Å². The van der Waals surface area contributed by atoms with Crippen molar-refractivity contribution in [3.8, 4) is 11.3 Å². The van der Waals surface area contributed by atoms with E-state index in [0.29, 0.717) is 5.56 Å². The van der Waals surface area contributed by atoms with Crippen LogP contribution in [0.5, 0.6) is 0 Å². The predicted molar refractivity (Wildman–Crippen MR) is 59.4 cm³/mol. The van der Waals surface area contributed by atoms with Crippen molar-refractivity contribution in [3.05, 3.63) is 47.1 Å². The van der Waals surface area contributed by atoms with Crippen LogP contribution in [0.4, 0.5) is 4.39 Å². The Morgan fingerprint density at radius 3 is 2.71 bits per heavy atom. The molecule has 1 N–H and O–H groups in total. The SMILES string of the molecule is O=C(O)c1cc(-c2cccc(F)c2)nc(Cl)n1. The van der Waals surface area contributed by atoms with Crippen LogP contribution in [0.15, 0.2) is 30.3 Å². The second-order valence-electron chi connectivity index (χ2n) is 3.22. The van der Waals surface area contributed by atoms with E-state index in [1.54, 1.807) is 6.07 Å². The molecule has 17 heavy (non-hydrogen) atoms. The molecule has 0 spiro atoms. The Morgan fingerprint density at radius 1 is 1.29 bits per heavy atom. The predicted octanol–water partition coefficient (Wildman–Crippen LogP) is 2.63. The van der Waals surface area contributed by atoms with E-state index in [0.717, 1.165) is 0 Å². The van der Waals surface area contributed by atoms with Crippen LogP contribution in [0, 0.1) is 5.82 Å². The minimum atomic E-state index is -1.22. The Morgan fingerprint density at radius 2 is 2.06 bits per heavy atom. The van der Waals surface area contributed by atoms with E-state index in [4.69, 9.17) is 16.7 Å². The molecule has 1 heterocycles. The topological polar surface area (TPSA) is 63.1 Å². The fourth-order valence-corrected chi connectivity index (χ4v) is 1.51. The first-order valence-electron chi connectivity index (χ1n) is 4.60. The van der Waals surface area contributed by atoms with E-state index in [9.17, 15) is 9.18 Å². The minimum Gasteiger partial charge on any atom is -0.477 e. The van der Waals surface area contributed by atoms with Crippen LogP contribution in [-0.2, 0) is 0 Å². The van der Waals surface area contributed by atoms with Gasteiger partial charge in [-0.25, -0.2) is 19.2 Å². The van der Waals surface area contributed by atoms with Crippen molar-refractivity contribution in [2.75, 3.05) is 0 Å². The van der Waals surface area contributed by atoms with E-state index in [-0.39, 0.29) is 16.7 Å². The number of carboxylic acid groups (broad SMARTS) is 1. The van der Waals surface area contributed by atoms with Crippen molar-refractivity contribution in [2.24, 2.45) is 0 Å². The van der Waals surface area contributed by atoms with Gasteiger partial charge in [0.05, 0.1) is 5.69 Å². The van der Waals surface area contributed by atoms with Crippen molar-refractivity contribution in [3.63, 3.8) is 0 Å². The molecule has 0 atom stereocenters. The molecule has 0 saturated heterocycles. The highest BCUT2D eigenvalue weighted by atomic mass is 35.5. The molecule has 6 heteroatoms. The first kappa shape index (κ1) is 11.5. The molecule has 0 saturated carbocycles. The van der Waals surface area contributed by atoms with E-state index >= 15 is 0 Å². The van der Waals surface area contributed by atoms with Gasteiger partial charge < -0.3 is 5.11 Å². The molecule has 4 nitrogen and oxygen atoms in total. The van der Waals surface area contributed by atoms with Gasteiger partial charge in [-0.2, -0.15) is 0 Å². The number of rotatable bonds is 2. The Labute approximate surface area is 101 Å². The number of halogens is 2. The number of hydrogen-bond donors (Lipinski definition) is 1. The lowest BCUT2D eigenvalue weighted by Crippen LogP contribution is -2.02. The van der Waals surface area contributed by atoms with E-state index < -0.39 is 11.8 Å². The number of benzene rings is 1. The summed E-state index contributed by atoms with van der Waals surface area (Å²) in [6, 6.07) is 6.87. The summed E-state index contributed by atoms with van der Waals surface area (Å²) in [6.07, 6.45) is 0. The van der Waals surface area contributed by atoms with Crippen molar-refractivity contribution in [1.82, 2.24) is 9.97 Å². The van der Waals surface area contributed by atoms with Gasteiger partial charge in [-0.3, -0.25) is 0 Å². The summed E-state index contributed by atoms with van der Waals surface area (Å²) < 4.78 is 13.0. The Hall–Kier alpha value is -2.01. The molecule has 0 amide bonds. The summed E-state index contributed by atoms with van der Waals surface area (Å²) in [7, 11) is 0. The standard InChI is InChI=1S/C11H6ClFN2O2/c12-11-14-8(5-9(15-11)10(16)17)6-2-1-3-7(13)4-6/h1-5H,(H,16,17). The molecule has 0 aliphatic heterocycles. The van der Waals surface area contributed by atoms with Crippen LogP contribution in [0.3, 0.4) is 0 Å². The Bertz CT molecular complexity index is 589. The third-order valence-corrected chi connectivity index (χ3v) is 2.21. The zero-order chi connectivity index (χ0) is 12.4. The third-order valence-electron chi connectivity index (χ3n) is 2.04. The molecular weight excluding hydrogens is 247 g/mol. The highest BCUT2D eigenvalue weighted by Crippen LogP contribution is 2.20. The number of aromatic carboxylic acids is 1. The van der Waals surface area contributed by atoms with Crippen molar-refractivity contribution in [2.45, 2.75) is 0 Å². The summed E-state index contributed by atoms with van der Waals surface area (Å²) >= 11 is 5.60. The third kappa shape index (κ3) is 2.57. The molecule has 0 fully saturated rings. The monoisotopic (exact) mass is 252 g/mol. The maximum atomic E-state index is 13.0. The van der Waals surface area contributed by atoms with Gasteiger partial charge in [0.2, 0.25) is 5.28 Å². The van der Waals surface area contributed by atoms with Crippen molar-refractivity contribution >= 4 is 17.6 Å². The normalized spacial score (nSPS) is 10.2. The molecule has 1 aromatic carbocycles. The molecule has 0 unspecified atom stereocenters. The number of carbonyl (C=O) groups is 1. The van der Waals surface area contributed by atoms with Gasteiger partial charge in [-0.05, 0) is 29.8 Å². The summed E-state index contributed by atoms with van der Waals surface area (Å²) in [5.74, 6) is -1.65. The van der Waals surface area contributed by atoms with Gasteiger partial charge in [0.15, 0.2) is 5.69 Å². The molecular formula is C11H6ClFN2O2. The smallest absolute Gasteiger partial charge is 0.354 e. The van der Waals surface area contributed by atoms with Gasteiger partial charge in [0.1, 0.15) is 5.82 Å². The number of aromatic nitrogens is 2. The van der Waals surface area contributed by atoms with Crippen LogP contribution in [0.25, 0.3) is 11.3 Å². The first-order chi connectivity index (χ1) is 8.06. The van der Waals surface area contributed by atoms with Crippen LogP contribution in [-0.4, -0.2) is 21.0 Å². The fraction of sp³-hybridized carbons (Fsp3) is 0. The number of hydrogen-bond acceptors (Lipinski definition) is 3. The molecule has 2 aromatic rings. The van der Waals surface area contributed by atoms with Crippen LogP contribution < -0.4 is 0 Å². The van der Waals surface area contributed by atoms with E-state index in [2.05, 4.69) is 9.97 Å². The minimum absolute atomic E-state index is 0.191. The van der Waals surface area contributed by atoms with Crippen molar-refractivity contribution in [1.29, 1.82) is 0 Å². The Balaban J connectivity index is 2.56. The lowest BCUT2D eigenvalue weighted by molar-refractivity contribution is 0.0690. The summed E-state index contributed by atoms with van der Waals surface area (Å²) in [5, 5.41) is 8.62. The number of carboxylic acids is 1. The maximum Gasteiger partial charge on any atom is 0.354 e. The highest BCUT2D eigenvalue weighted by molar-refractivity contribution is 6.28. The highest BCUT2D eigenvalue weighted by Gasteiger charge is 2.10. The lowest BCUT2D eigenvalue weighted by Gasteiger charge is -2.02. The molecule has 1 aromatic heterocycles. The molecule has 0 aliphatic carbocycles. The second-order valence-corrected chi connectivity index (χ2v) is 3.56. The van der Waals surface area contributed by atoms with Crippen LogP contribution in [0.1, 0.15) is 10.5 Å². The molecule has 86 valence electrons. The molecule has 0 bridgehead atoms. The summed E-state index contributed by atoms with van der Waals surface area (Å²) in [5.41, 5.74) is 0.475. The van der Waals surface area contributed by atoms with Gasteiger partial charge in [-0.1, -0.05) is 12.1 Å². The van der Waals surface area contributed by atoms with Crippen molar-refractivity contribution < 1.29 is 14.3 Å². The van der Waals surface area contributed by atoms with E-state index in [1.165, 1.54) is 24.3 Å². The quantitative estimate of drug-likeness (QED) is 0.835. The fourth-order valence-electron chi connectivity index (χ4n) is 1.32. The van der Waals surface area contributed by atoms with Gasteiger partial charge in [0.25, 0.3) is 0 Å². The average Bonchev–Trinajstić information content (AvgIpc) is 2.28. The van der Waals surface area contributed by atoms with Gasteiger partial charge in [0, 0.05) is 5.56 Å². The van der Waals surface area contributed by atoms with Gasteiger partial charge in [-0.15, -0.1) is 0 Å². The zero-order valence-electron chi connectivity index (χ0n) is 8.39. The molecule has 0 radical (unpaired) electrons. The Kier molecular flexibility index (Phi) is 3.01. The lowest BCUT2D eigenvalue weighted by atomic mass is 10.1. The average molecular weight is 253 g/mol. The number of nitrogens with zero attached hydrogens (tertiary/aromatic N) is 2.